The number of ether oxygens (including phenoxy) is 1. The first-order valence-electron chi connectivity index (χ1n) is 15.3. The minimum Gasteiger partial charge on any atom is -0.497 e. The maximum Gasteiger partial charge on any atom is 0.120 e. The van der Waals surface area contributed by atoms with Crippen LogP contribution in [-0.4, -0.2) is 47.7 Å². The van der Waals surface area contributed by atoms with E-state index in [1.807, 2.05) is 0 Å². The molecule has 206 valence electrons. The molecule has 1 aromatic heterocycles. The SMILES string of the molecule is CCCCCCCCn1cc(CN2CCC3(CCN(Cc4ccccc4)CC3)CC2)c2ccc(OC)cc21. The van der Waals surface area contributed by atoms with Crippen molar-refractivity contribution in [2.45, 2.75) is 90.8 Å². The van der Waals surface area contributed by atoms with Gasteiger partial charge in [0.1, 0.15) is 5.75 Å². The van der Waals surface area contributed by atoms with Crippen LogP contribution >= 0.6 is 0 Å². The average Bonchev–Trinajstić information content (AvgIpc) is 3.30. The lowest BCUT2D eigenvalue weighted by Crippen LogP contribution is -2.46. The summed E-state index contributed by atoms with van der Waals surface area (Å²) in [6.07, 6.45) is 15.9. The van der Waals surface area contributed by atoms with Crippen molar-refractivity contribution < 1.29 is 4.74 Å². The van der Waals surface area contributed by atoms with Crippen LogP contribution in [0.4, 0.5) is 0 Å². The lowest BCUT2D eigenvalue weighted by Gasteiger charge is -2.47. The second-order valence-electron chi connectivity index (χ2n) is 12.0. The number of fused-ring (bicyclic) bond motifs is 1. The average molecular weight is 516 g/mol. The maximum absolute atomic E-state index is 5.58. The van der Waals surface area contributed by atoms with E-state index in [-0.39, 0.29) is 0 Å². The van der Waals surface area contributed by atoms with Crippen LogP contribution in [0.3, 0.4) is 0 Å². The highest BCUT2D eigenvalue weighted by Gasteiger charge is 2.37. The first-order chi connectivity index (χ1) is 18.7. The normalized spacial score (nSPS) is 18.4. The van der Waals surface area contributed by atoms with Gasteiger partial charge in [-0.2, -0.15) is 0 Å². The molecule has 0 aliphatic carbocycles. The molecule has 2 fully saturated rings. The quantitative estimate of drug-likeness (QED) is 0.229. The molecule has 0 unspecified atom stereocenters. The topological polar surface area (TPSA) is 20.6 Å². The van der Waals surface area contributed by atoms with Gasteiger partial charge < -0.3 is 9.30 Å². The molecule has 0 atom stereocenters. The van der Waals surface area contributed by atoms with Crippen molar-refractivity contribution in [2.75, 3.05) is 33.3 Å². The largest absolute Gasteiger partial charge is 0.497 e. The van der Waals surface area contributed by atoms with Crippen molar-refractivity contribution in [3.8, 4) is 5.75 Å². The molecule has 5 rings (SSSR count). The van der Waals surface area contributed by atoms with Crippen LogP contribution in [0.25, 0.3) is 10.9 Å². The number of likely N-dealkylation sites (tertiary alicyclic amines) is 2. The van der Waals surface area contributed by atoms with Crippen LogP contribution in [-0.2, 0) is 19.6 Å². The van der Waals surface area contributed by atoms with Crippen LogP contribution in [0.15, 0.2) is 54.7 Å². The van der Waals surface area contributed by atoms with Gasteiger partial charge in [-0.25, -0.2) is 0 Å². The van der Waals surface area contributed by atoms with E-state index in [2.05, 4.69) is 76.0 Å². The third-order valence-corrected chi connectivity index (χ3v) is 9.40. The summed E-state index contributed by atoms with van der Waals surface area (Å²) in [7, 11) is 1.78. The second-order valence-corrected chi connectivity index (χ2v) is 12.0. The molecule has 1 spiro atoms. The van der Waals surface area contributed by atoms with Gasteiger partial charge in [0, 0.05) is 37.3 Å². The van der Waals surface area contributed by atoms with E-state index in [0.717, 1.165) is 25.4 Å². The van der Waals surface area contributed by atoms with Gasteiger partial charge in [-0.05, 0) is 87.0 Å². The lowest BCUT2D eigenvalue weighted by atomic mass is 9.71. The Labute approximate surface area is 231 Å². The molecule has 3 heterocycles. The Morgan fingerprint density at radius 3 is 2.11 bits per heavy atom. The van der Waals surface area contributed by atoms with Gasteiger partial charge in [0.25, 0.3) is 0 Å². The van der Waals surface area contributed by atoms with E-state index >= 15 is 0 Å². The summed E-state index contributed by atoms with van der Waals surface area (Å²) in [6.45, 7) is 10.6. The molecule has 2 aliphatic rings. The van der Waals surface area contributed by atoms with Crippen molar-refractivity contribution >= 4 is 10.9 Å². The molecule has 4 heteroatoms. The predicted octanol–water partition coefficient (Wildman–Crippen LogP) is 7.89. The van der Waals surface area contributed by atoms with Crippen LogP contribution in [0, 0.1) is 5.41 Å². The van der Waals surface area contributed by atoms with Gasteiger partial charge >= 0.3 is 0 Å². The second kappa shape index (κ2) is 13.2. The van der Waals surface area contributed by atoms with E-state index in [1.54, 1.807) is 7.11 Å². The zero-order chi connectivity index (χ0) is 26.2. The number of hydrogen-bond acceptors (Lipinski definition) is 3. The fraction of sp³-hybridized carbons (Fsp3) is 0.588. The number of aryl methyl sites for hydroxylation is 1. The van der Waals surface area contributed by atoms with Crippen molar-refractivity contribution in [1.82, 2.24) is 14.4 Å². The zero-order valence-electron chi connectivity index (χ0n) is 24.0. The molecule has 4 nitrogen and oxygen atoms in total. The molecular weight excluding hydrogens is 466 g/mol. The lowest BCUT2D eigenvalue weighted by molar-refractivity contribution is 0.0301. The van der Waals surface area contributed by atoms with Crippen molar-refractivity contribution in [3.05, 3.63) is 65.9 Å². The van der Waals surface area contributed by atoms with Crippen LogP contribution in [0.2, 0.25) is 0 Å². The fourth-order valence-corrected chi connectivity index (χ4v) is 6.80. The molecule has 38 heavy (non-hydrogen) atoms. The van der Waals surface area contributed by atoms with Gasteiger partial charge in [-0.3, -0.25) is 9.80 Å². The Morgan fingerprint density at radius 1 is 0.763 bits per heavy atom. The molecule has 2 saturated heterocycles. The zero-order valence-corrected chi connectivity index (χ0v) is 24.0. The van der Waals surface area contributed by atoms with Crippen molar-refractivity contribution in [1.29, 1.82) is 0 Å². The summed E-state index contributed by atoms with van der Waals surface area (Å²) in [6, 6.07) is 17.6. The summed E-state index contributed by atoms with van der Waals surface area (Å²) in [5.74, 6) is 0.963. The number of rotatable bonds is 12. The van der Waals surface area contributed by atoms with Crippen LogP contribution in [0.1, 0.15) is 82.3 Å². The Kier molecular flexibility index (Phi) is 9.45. The summed E-state index contributed by atoms with van der Waals surface area (Å²) in [5.41, 5.74) is 4.85. The fourth-order valence-electron chi connectivity index (χ4n) is 6.80. The van der Waals surface area contributed by atoms with Gasteiger partial charge in [-0.1, -0.05) is 69.4 Å². The van der Waals surface area contributed by atoms with Crippen LogP contribution < -0.4 is 4.74 Å². The van der Waals surface area contributed by atoms with E-state index in [9.17, 15) is 0 Å². The molecule has 2 aliphatic heterocycles. The number of methoxy groups -OCH3 is 1. The minimum absolute atomic E-state index is 0.572. The monoisotopic (exact) mass is 515 g/mol. The maximum atomic E-state index is 5.58. The molecule has 0 amide bonds. The van der Waals surface area contributed by atoms with Gasteiger partial charge in [0.2, 0.25) is 0 Å². The summed E-state index contributed by atoms with van der Waals surface area (Å²) in [4.78, 5) is 5.38. The highest BCUT2D eigenvalue weighted by atomic mass is 16.5. The number of aromatic nitrogens is 1. The Bertz CT molecular complexity index is 1120. The van der Waals surface area contributed by atoms with E-state index < -0.39 is 0 Å². The third-order valence-electron chi connectivity index (χ3n) is 9.40. The van der Waals surface area contributed by atoms with Gasteiger partial charge in [0.05, 0.1) is 12.6 Å². The van der Waals surface area contributed by atoms with Gasteiger partial charge in [0.15, 0.2) is 0 Å². The first kappa shape index (κ1) is 27.3. The summed E-state index contributed by atoms with van der Waals surface area (Å²) < 4.78 is 8.08. The Balaban J connectivity index is 1.16. The highest BCUT2D eigenvalue weighted by molar-refractivity contribution is 5.85. The summed E-state index contributed by atoms with van der Waals surface area (Å²) >= 11 is 0. The van der Waals surface area contributed by atoms with Crippen molar-refractivity contribution in [2.24, 2.45) is 5.41 Å². The molecule has 0 saturated carbocycles. The molecular formula is C34H49N3O. The first-order valence-corrected chi connectivity index (χ1v) is 15.3. The minimum atomic E-state index is 0.572. The number of nitrogens with zero attached hydrogens (tertiary/aromatic N) is 3. The molecule has 0 bridgehead atoms. The molecule has 0 radical (unpaired) electrons. The standard InChI is InChI=1S/C34H49N3O/c1-3-4-5-6-7-11-20-37-28-30(32-15-14-31(38-2)25-33(32)37)27-36-23-18-34(19-24-36)16-21-35(22-17-34)26-29-12-9-8-10-13-29/h8-10,12-15,25,28H,3-7,11,16-24,26-27H2,1-2H3. The highest BCUT2D eigenvalue weighted by Crippen LogP contribution is 2.42. The summed E-state index contributed by atoms with van der Waals surface area (Å²) in [5, 5.41) is 1.41. The van der Waals surface area contributed by atoms with Gasteiger partial charge in [-0.15, -0.1) is 0 Å². The van der Waals surface area contributed by atoms with E-state index in [4.69, 9.17) is 4.74 Å². The third kappa shape index (κ3) is 6.82. The smallest absolute Gasteiger partial charge is 0.120 e. The Hall–Kier alpha value is -2.30. The number of unbranched alkanes of at least 4 members (excludes halogenated alkanes) is 5. The molecule has 2 aromatic carbocycles. The molecule has 0 N–H and O–H groups in total. The molecule has 3 aromatic rings. The Morgan fingerprint density at radius 2 is 1.42 bits per heavy atom. The number of piperidine rings is 2. The van der Waals surface area contributed by atoms with Crippen LogP contribution in [0.5, 0.6) is 5.75 Å². The number of benzene rings is 2. The predicted molar refractivity (Wildman–Crippen MR) is 160 cm³/mol. The van der Waals surface area contributed by atoms with E-state index in [1.165, 1.54) is 112 Å². The van der Waals surface area contributed by atoms with Crippen molar-refractivity contribution in [3.63, 3.8) is 0 Å². The number of hydrogen-bond donors (Lipinski definition) is 0. The van der Waals surface area contributed by atoms with E-state index in [0.29, 0.717) is 5.41 Å².